The van der Waals surface area contributed by atoms with Crippen molar-refractivity contribution in [2.45, 2.75) is 25.9 Å². The first-order valence-electron chi connectivity index (χ1n) is 13.7. The Labute approximate surface area is 240 Å². The van der Waals surface area contributed by atoms with Crippen LogP contribution in [-0.2, 0) is 34.2 Å². The highest BCUT2D eigenvalue weighted by Crippen LogP contribution is 2.33. The maximum Gasteiger partial charge on any atom is 0.339 e. The number of nitrogens with zero attached hydrogens (tertiary/aromatic N) is 3. The fraction of sp³-hybridized carbons (Fsp3) is 0.419. The molecule has 1 saturated heterocycles. The van der Waals surface area contributed by atoms with Crippen LogP contribution in [0, 0.1) is 6.92 Å². The molecular weight excluding hydrogens is 530 g/mol. The summed E-state index contributed by atoms with van der Waals surface area (Å²) < 4.78 is 18.5. The second-order valence-corrected chi connectivity index (χ2v) is 10.8. The number of ether oxygens (including phenoxy) is 3. The SMILES string of the molecule is COC(=O)c1cc(-c2cc(Cl)ccc2C(=O)N2Cc3ccccc3C[C@H]2COCCN2CCOCC2)n(C)c1C. The first-order valence-corrected chi connectivity index (χ1v) is 14.0. The van der Waals surface area contributed by atoms with E-state index in [0.29, 0.717) is 41.5 Å². The van der Waals surface area contributed by atoms with Crippen LogP contribution in [0.5, 0.6) is 0 Å². The number of aromatic nitrogens is 1. The van der Waals surface area contributed by atoms with E-state index in [1.807, 2.05) is 35.6 Å². The van der Waals surface area contributed by atoms with Crippen LogP contribution < -0.4 is 0 Å². The molecule has 0 saturated carbocycles. The number of morpholine rings is 1. The van der Waals surface area contributed by atoms with E-state index in [2.05, 4.69) is 17.0 Å². The summed E-state index contributed by atoms with van der Waals surface area (Å²) in [6, 6.07) is 15.2. The fourth-order valence-electron chi connectivity index (χ4n) is 5.56. The largest absolute Gasteiger partial charge is 0.465 e. The third-order valence-electron chi connectivity index (χ3n) is 8.01. The van der Waals surface area contributed by atoms with Crippen molar-refractivity contribution in [2.24, 2.45) is 7.05 Å². The summed E-state index contributed by atoms with van der Waals surface area (Å²) in [4.78, 5) is 31.0. The van der Waals surface area contributed by atoms with E-state index in [9.17, 15) is 9.59 Å². The number of methoxy groups -OCH3 is 1. The summed E-state index contributed by atoms with van der Waals surface area (Å²) in [6.45, 7) is 7.59. The lowest BCUT2D eigenvalue weighted by atomic mass is 9.93. The summed E-state index contributed by atoms with van der Waals surface area (Å²) in [5.74, 6) is -0.516. The van der Waals surface area contributed by atoms with Crippen molar-refractivity contribution in [2.75, 3.05) is 53.2 Å². The Balaban J connectivity index is 1.42. The molecule has 3 heterocycles. The molecule has 0 N–H and O–H groups in total. The third-order valence-corrected chi connectivity index (χ3v) is 8.25. The molecule has 3 aromatic rings. The average Bonchev–Trinajstić information content (AvgIpc) is 3.28. The molecule has 1 atom stereocenters. The topological polar surface area (TPSA) is 73.2 Å². The zero-order valence-electron chi connectivity index (χ0n) is 23.3. The van der Waals surface area contributed by atoms with Crippen LogP contribution in [0.4, 0.5) is 0 Å². The number of amides is 1. The van der Waals surface area contributed by atoms with Gasteiger partial charge in [-0.2, -0.15) is 0 Å². The van der Waals surface area contributed by atoms with Gasteiger partial charge in [0, 0.05) is 60.8 Å². The monoisotopic (exact) mass is 565 g/mol. The van der Waals surface area contributed by atoms with E-state index < -0.39 is 5.97 Å². The third kappa shape index (κ3) is 5.95. The summed E-state index contributed by atoms with van der Waals surface area (Å²) in [7, 11) is 3.23. The number of carbonyl (C=O) groups is 2. The minimum Gasteiger partial charge on any atom is -0.465 e. The standard InChI is InChI=1S/C31H36ClN3O5/c1-21-27(31(37)38-3)18-29(33(21)2)28-17-24(32)8-9-26(28)30(36)35-19-23-7-5-4-6-22(23)16-25(35)20-40-15-12-34-10-13-39-14-11-34/h4-9,17-18,25H,10-16,19-20H2,1-3H3/t25-/m0/s1. The van der Waals surface area contributed by atoms with Gasteiger partial charge in [-0.1, -0.05) is 35.9 Å². The van der Waals surface area contributed by atoms with Crippen molar-refractivity contribution >= 4 is 23.5 Å². The van der Waals surface area contributed by atoms with Gasteiger partial charge < -0.3 is 23.7 Å². The Kier molecular flexibility index (Phi) is 8.90. The minimum atomic E-state index is -0.420. The Morgan fingerprint density at radius 1 is 1.05 bits per heavy atom. The lowest BCUT2D eigenvalue weighted by Gasteiger charge is -2.37. The number of fused-ring (bicyclic) bond motifs is 1. The number of halogens is 1. The molecule has 40 heavy (non-hydrogen) atoms. The van der Waals surface area contributed by atoms with E-state index in [-0.39, 0.29) is 11.9 Å². The Morgan fingerprint density at radius 2 is 1.80 bits per heavy atom. The quantitative estimate of drug-likeness (QED) is 0.299. The normalized spacial score (nSPS) is 17.5. The minimum absolute atomic E-state index is 0.0959. The van der Waals surface area contributed by atoms with Crippen LogP contribution in [0.1, 0.15) is 37.5 Å². The van der Waals surface area contributed by atoms with Crippen molar-refractivity contribution in [3.05, 3.63) is 81.5 Å². The van der Waals surface area contributed by atoms with Crippen LogP contribution in [0.2, 0.25) is 5.02 Å². The van der Waals surface area contributed by atoms with Gasteiger partial charge >= 0.3 is 5.97 Å². The number of hydrogen-bond acceptors (Lipinski definition) is 6. The summed E-state index contributed by atoms with van der Waals surface area (Å²) in [5.41, 5.74) is 5.50. The average molecular weight is 566 g/mol. The van der Waals surface area contributed by atoms with Crippen molar-refractivity contribution in [3.63, 3.8) is 0 Å². The van der Waals surface area contributed by atoms with Crippen LogP contribution >= 0.6 is 11.6 Å². The number of hydrogen-bond donors (Lipinski definition) is 0. The number of esters is 1. The highest BCUT2D eigenvalue weighted by molar-refractivity contribution is 6.31. The molecule has 2 aliphatic rings. The maximum atomic E-state index is 14.3. The molecule has 2 aliphatic heterocycles. The number of rotatable bonds is 8. The molecule has 0 radical (unpaired) electrons. The molecule has 2 aromatic carbocycles. The molecule has 0 bridgehead atoms. The van der Waals surface area contributed by atoms with E-state index >= 15 is 0 Å². The number of carbonyl (C=O) groups excluding carboxylic acids is 2. The lowest BCUT2D eigenvalue weighted by molar-refractivity contribution is 0.00743. The zero-order valence-corrected chi connectivity index (χ0v) is 24.1. The Hall–Kier alpha value is -3.17. The van der Waals surface area contributed by atoms with Gasteiger partial charge in [0.05, 0.1) is 45.1 Å². The van der Waals surface area contributed by atoms with Gasteiger partial charge in [0.15, 0.2) is 0 Å². The molecule has 212 valence electrons. The predicted molar refractivity (Wildman–Crippen MR) is 154 cm³/mol. The molecule has 8 nitrogen and oxygen atoms in total. The first-order chi connectivity index (χ1) is 19.4. The maximum absolute atomic E-state index is 14.3. The lowest BCUT2D eigenvalue weighted by Crippen LogP contribution is -2.47. The zero-order chi connectivity index (χ0) is 28.2. The molecular formula is C31H36ClN3O5. The highest BCUT2D eigenvalue weighted by atomic mass is 35.5. The first kappa shape index (κ1) is 28.4. The Morgan fingerprint density at radius 3 is 2.55 bits per heavy atom. The molecule has 1 aromatic heterocycles. The van der Waals surface area contributed by atoms with Crippen molar-refractivity contribution in [1.29, 1.82) is 0 Å². The van der Waals surface area contributed by atoms with Gasteiger partial charge in [0.1, 0.15) is 0 Å². The summed E-state index contributed by atoms with van der Waals surface area (Å²) >= 11 is 6.43. The smallest absolute Gasteiger partial charge is 0.339 e. The van der Waals surface area contributed by atoms with Crippen molar-refractivity contribution < 1.29 is 23.8 Å². The van der Waals surface area contributed by atoms with Crippen LogP contribution in [-0.4, -0.2) is 85.5 Å². The summed E-state index contributed by atoms with van der Waals surface area (Å²) in [5, 5.41) is 0.511. The van der Waals surface area contributed by atoms with E-state index in [1.165, 1.54) is 12.7 Å². The predicted octanol–water partition coefficient (Wildman–Crippen LogP) is 4.36. The van der Waals surface area contributed by atoms with Crippen LogP contribution in [0.25, 0.3) is 11.3 Å². The second kappa shape index (κ2) is 12.6. The van der Waals surface area contributed by atoms with Crippen LogP contribution in [0.15, 0.2) is 48.5 Å². The Bertz CT molecular complexity index is 1380. The summed E-state index contributed by atoms with van der Waals surface area (Å²) in [6.07, 6.45) is 0.720. The van der Waals surface area contributed by atoms with E-state index in [4.69, 9.17) is 25.8 Å². The number of benzene rings is 2. The highest BCUT2D eigenvalue weighted by Gasteiger charge is 2.32. The van der Waals surface area contributed by atoms with Gasteiger partial charge in [0.25, 0.3) is 5.91 Å². The molecule has 0 spiro atoms. The molecule has 1 fully saturated rings. The van der Waals surface area contributed by atoms with Gasteiger partial charge in [-0.15, -0.1) is 0 Å². The van der Waals surface area contributed by atoms with Gasteiger partial charge in [-0.05, 0) is 48.7 Å². The van der Waals surface area contributed by atoms with E-state index in [1.54, 1.807) is 24.3 Å². The molecule has 0 unspecified atom stereocenters. The second-order valence-electron chi connectivity index (χ2n) is 10.4. The van der Waals surface area contributed by atoms with E-state index in [0.717, 1.165) is 56.2 Å². The molecule has 9 heteroatoms. The van der Waals surface area contributed by atoms with Gasteiger partial charge in [0.2, 0.25) is 0 Å². The van der Waals surface area contributed by atoms with Crippen molar-refractivity contribution in [1.82, 2.24) is 14.4 Å². The van der Waals surface area contributed by atoms with Crippen LogP contribution in [0.3, 0.4) is 0 Å². The molecule has 0 aliphatic carbocycles. The molecule has 1 amide bonds. The molecule has 5 rings (SSSR count). The van der Waals surface area contributed by atoms with Gasteiger partial charge in [-0.3, -0.25) is 9.69 Å². The fourth-order valence-corrected chi connectivity index (χ4v) is 5.73. The van der Waals surface area contributed by atoms with Gasteiger partial charge in [-0.25, -0.2) is 4.79 Å². The van der Waals surface area contributed by atoms with Crippen molar-refractivity contribution in [3.8, 4) is 11.3 Å².